The highest BCUT2D eigenvalue weighted by molar-refractivity contribution is 7.47. The topological polar surface area (TPSA) is 166 Å². The lowest BCUT2D eigenvalue weighted by atomic mass is 9.90. The van der Waals surface area contributed by atoms with Crippen LogP contribution in [0.1, 0.15) is 149 Å². The molecule has 0 aromatic heterocycles. The van der Waals surface area contributed by atoms with Gasteiger partial charge in [0, 0.05) is 31.1 Å². The molecular weight excluding hydrogens is 822 g/mol. The maximum atomic E-state index is 12.8. The fourth-order valence-electron chi connectivity index (χ4n) is 6.74. The summed E-state index contributed by atoms with van der Waals surface area (Å²) in [6.45, 7) is 3.92. The van der Waals surface area contributed by atoms with Gasteiger partial charge in [-0.2, -0.15) is 0 Å². The van der Waals surface area contributed by atoms with Crippen molar-refractivity contribution in [2.45, 2.75) is 167 Å². The van der Waals surface area contributed by atoms with Crippen molar-refractivity contribution in [2.24, 2.45) is 11.8 Å². The van der Waals surface area contributed by atoms with Crippen LogP contribution in [0.3, 0.4) is 0 Å². The molecule has 13 heteroatoms. The zero-order valence-electron chi connectivity index (χ0n) is 39.5. The van der Waals surface area contributed by atoms with Crippen LogP contribution in [0.15, 0.2) is 72.9 Å². The number of quaternary nitrogens is 1. The van der Waals surface area contributed by atoms with E-state index in [2.05, 4.69) is 62.5 Å². The third kappa shape index (κ3) is 33.2. The molecule has 0 spiro atoms. The van der Waals surface area contributed by atoms with Gasteiger partial charge in [0.15, 0.2) is 6.10 Å². The number of hydrogen-bond donors (Lipinski definition) is 3. The third-order valence-corrected chi connectivity index (χ3v) is 11.6. The quantitative estimate of drug-likeness (QED) is 0.0177. The van der Waals surface area contributed by atoms with E-state index in [0.717, 1.165) is 57.8 Å². The normalized spacial score (nSPS) is 19.4. The van der Waals surface area contributed by atoms with Crippen molar-refractivity contribution in [3.05, 3.63) is 72.9 Å². The number of ether oxygens (including phenoxy) is 2. The molecule has 0 saturated heterocycles. The highest BCUT2D eigenvalue weighted by Crippen LogP contribution is 2.43. The minimum atomic E-state index is -4.47. The monoisotopic (exact) mass is 907 g/mol. The second kappa shape index (κ2) is 36.3. The number of rotatable bonds is 38. The average Bonchev–Trinajstić information content (AvgIpc) is 3.50. The summed E-state index contributed by atoms with van der Waals surface area (Å²) in [5.74, 6) is -1.78. The predicted molar refractivity (Wildman–Crippen MR) is 253 cm³/mol. The minimum absolute atomic E-state index is 0.00993. The number of allylic oxidation sites excluding steroid dienone is 10. The molecule has 0 amide bonds. The highest BCUT2D eigenvalue weighted by atomic mass is 31.2. The molecule has 0 bridgehead atoms. The van der Waals surface area contributed by atoms with Gasteiger partial charge in [-0.25, -0.2) is 4.57 Å². The fraction of sp³-hybridized carbons (Fsp3) is 0.700. The first-order chi connectivity index (χ1) is 30.2. The first-order valence-corrected chi connectivity index (χ1v) is 25.3. The van der Waals surface area contributed by atoms with Gasteiger partial charge < -0.3 is 29.1 Å². The molecule has 1 aliphatic rings. The molecule has 0 heterocycles. The van der Waals surface area contributed by atoms with Crippen molar-refractivity contribution in [2.75, 3.05) is 47.5 Å². The summed E-state index contributed by atoms with van der Waals surface area (Å²) in [6.07, 6.45) is 38.8. The van der Waals surface area contributed by atoms with Crippen LogP contribution in [0.2, 0.25) is 0 Å². The number of esters is 2. The smallest absolute Gasteiger partial charge is 0.462 e. The number of hydrogen-bond acceptors (Lipinski definition) is 10. The maximum Gasteiger partial charge on any atom is 0.472 e. The van der Waals surface area contributed by atoms with Crippen molar-refractivity contribution in [3.63, 3.8) is 0 Å². The molecule has 12 nitrogen and oxygen atoms in total. The summed E-state index contributed by atoms with van der Waals surface area (Å²) in [7, 11) is 1.28. The molecule has 0 radical (unpaired) electrons. The van der Waals surface area contributed by atoms with Crippen LogP contribution in [-0.4, -0.2) is 103 Å². The number of nitrogens with zero attached hydrogens (tertiary/aromatic N) is 1. The number of phosphoric ester groups is 1. The van der Waals surface area contributed by atoms with E-state index in [9.17, 15) is 34.1 Å². The molecule has 0 aliphatic heterocycles. The number of carbonyl (C=O) groups excluding carboxylic acids is 3. The number of Topliss-reactive ketones (excluding diaryl/α,β-unsaturated/α-hetero) is 1. The predicted octanol–water partition coefficient (Wildman–Crippen LogP) is 10.4. The zero-order chi connectivity index (χ0) is 46.6. The number of aliphatic hydroxyl groups is 2. The number of likely N-dealkylation sites (N-methyl/N-ethyl adjacent to an activating group) is 1. The van der Waals surface area contributed by atoms with Gasteiger partial charge in [-0.3, -0.25) is 23.4 Å². The Balaban J connectivity index is 2.50. The van der Waals surface area contributed by atoms with E-state index in [-0.39, 0.29) is 50.1 Å². The molecule has 63 heavy (non-hydrogen) atoms. The van der Waals surface area contributed by atoms with E-state index >= 15 is 0 Å². The fourth-order valence-corrected chi connectivity index (χ4v) is 7.48. The maximum absolute atomic E-state index is 12.8. The summed E-state index contributed by atoms with van der Waals surface area (Å²) in [5, 5.41) is 20.8. The van der Waals surface area contributed by atoms with E-state index in [1.807, 2.05) is 33.3 Å². The van der Waals surface area contributed by atoms with Crippen LogP contribution >= 0.6 is 7.82 Å². The lowest BCUT2D eigenvalue weighted by Gasteiger charge is -2.24. The van der Waals surface area contributed by atoms with Gasteiger partial charge in [0.1, 0.15) is 25.5 Å². The summed E-state index contributed by atoms with van der Waals surface area (Å²) in [5.41, 5.74) is 0. The number of ketones is 1. The van der Waals surface area contributed by atoms with E-state index in [0.29, 0.717) is 43.1 Å². The summed E-state index contributed by atoms with van der Waals surface area (Å²) >= 11 is 0. The van der Waals surface area contributed by atoms with Crippen LogP contribution < -0.4 is 0 Å². The molecule has 1 rings (SSSR count). The largest absolute Gasteiger partial charge is 0.472 e. The Morgan fingerprint density at radius 1 is 0.746 bits per heavy atom. The van der Waals surface area contributed by atoms with Crippen LogP contribution in [0.5, 0.6) is 0 Å². The average molecular weight is 907 g/mol. The Morgan fingerprint density at radius 2 is 1.32 bits per heavy atom. The van der Waals surface area contributed by atoms with Gasteiger partial charge in [0.05, 0.1) is 40.0 Å². The van der Waals surface area contributed by atoms with Crippen molar-refractivity contribution < 1.29 is 57.1 Å². The molecule has 1 aliphatic carbocycles. The molecule has 6 atom stereocenters. The van der Waals surface area contributed by atoms with E-state index < -0.39 is 44.7 Å². The highest BCUT2D eigenvalue weighted by Gasteiger charge is 2.39. The molecule has 360 valence electrons. The van der Waals surface area contributed by atoms with Crippen molar-refractivity contribution >= 4 is 25.5 Å². The van der Waals surface area contributed by atoms with Crippen molar-refractivity contribution in [1.29, 1.82) is 0 Å². The Labute approximate surface area is 380 Å². The first-order valence-electron chi connectivity index (χ1n) is 23.8. The Kier molecular flexibility index (Phi) is 33.4. The molecular formula is C50H85NO11P+. The van der Waals surface area contributed by atoms with Gasteiger partial charge >= 0.3 is 19.8 Å². The lowest BCUT2D eigenvalue weighted by Crippen LogP contribution is -2.37. The Bertz CT molecular complexity index is 1460. The zero-order valence-corrected chi connectivity index (χ0v) is 40.4. The second-order valence-corrected chi connectivity index (χ2v) is 19.0. The second-order valence-electron chi connectivity index (χ2n) is 17.6. The molecule has 1 saturated carbocycles. The van der Waals surface area contributed by atoms with Gasteiger partial charge in [0.25, 0.3) is 0 Å². The van der Waals surface area contributed by atoms with Crippen LogP contribution in [0.4, 0.5) is 0 Å². The molecule has 0 aromatic carbocycles. The summed E-state index contributed by atoms with van der Waals surface area (Å²) < 4.78 is 34.2. The number of carbonyl (C=O) groups is 3. The van der Waals surface area contributed by atoms with Gasteiger partial charge in [0.2, 0.25) is 0 Å². The standard InChI is InChI=1S/C50H84NO11P/c1-6-8-10-11-12-13-14-15-16-17-18-19-20-21-22-23-24-25-30-34-49(55)59-41-44(42-61-63(57,58)60-39-38-51(3,4)5)62-50(56)35-31-27-26-29-33-45-46(48(54)40-47(45)53)37-36-43(52)32-28-9-7-2/h12-13,15-16,18-19,21-22,26,29,36-37,43-46,48,52,54H,6-11,14,17,20,23-25,27-28,30-35,38-42H2,1-5H3/p+1/b13-12-,16-15-,19-18-,22-21-,29-26-,37-36+/t43-,44+,45+,46+,48+/m0/s1. The van der Waals surface area contributed by atoms with Crippen molar-refractivity contribution in [1.82, 2.24) is 0 Å². The minimum Gasteiger partial charge on any atom is -0.462 e. The van der Waals surface area contributed by atoms with E-state index in [1.165, 1.54) is 25.7 Å². The van der Waals surface area contributed by atoms with Gasteiger partial charge in [-0.1, -0.05) is 125 Å². The molecule has 1 unspecified atom stereocenters. The third-order valence-electron chi connectivity index (χ3n) is 10.6. The van der Waals surface area contributed by atoms with Gasteiger partial charge in [-0.15, -0.1) is 0 Å². The number of aliphatic hydroxyl groups excluding tert-OH is 2. The van der Waals surface area contributed by atoms with E-state index in [4.69, 9.17) is 18.5 Å². The van der Waals surface area contributed by atoms with Gasteiger partial charge in [-0.05, 0) is 77.0 Å². The SMILES string of the molecule is CCCCC/C=C\C/C=C\C/C=C\C/C=C\CCCCCC(=O)OC[C@H](COP(=O)(O)OCC[N+](C)(C)C)OC(=O)CCC/C=C\C[C@H]1C(=O)C[C@@H](O)[C@@H]1/C=C/[C@@H](O)CCCCC. The Hall–Kier alpha value is -2.96. The van der Waals surface area contributed by atoms with E-state index in [1.54, 1.807) is 12.2 Å². The molecule has 3 N–H and O–H groups in total. The van der Waals surface area contributed by atoms with Crippen LogP contribution in [0, 0.1) is 11.8 Å². The first kappa shape index (κ1) is 58.1. The van der Waals surface area contributed by atoms with Crippen LogP contribution in [0.25, 0.3) is 0 Å². The Morgan fingerprint density at radius 3 is 1.95 bits per heavy atom. The summed E-state index contributed by atoms with van der Waals surface area (Å²) in [4.78, 5) is 48.2. The molecule has 1 fully saturated rings. The summed E-state index contributed by atoms with van der Waals surface area (Å²) in [6, 6.07) is 0. The lowest BCUT2D eigenvalue weighted by molar-refractivity contribution is -0.870. The molecule has 0 aromatic rings. The number of phosphoric acid groups is 1. The number of unbranched alkanes of at least 4 members (excludes halogenated alkanes) is 9. The van der Waals surface area contributed by atoms with Crippen molar-refractivity contribution in [3.8, 4) is 0 Å². The van der Waals surface area contributed by atoms with Crippen LogP contribution in [-0.2, 0) is 37.5 Å².